The SMILES string of the molecule is O=C[C@]1(F)C(N2CCC(O)NC2=O)O[C@H](CO)[C@H]1O. The predicted octanol–water partition coefficient (Wildman–Crippen LogP) is -2.29. The molecule has 2 saturated heterocycles. The number of aldehydes is 1. The summed E-state index contributed by atoms with van der Waals surface area (Å²) in [6, 6.07) is -0.807. The van der Waals surface area contributed by atoms with Gasteiger partial charge in [-0.2, -0.15) is 0 Å². The Morgan fingerprint density at radius 3 is 2.79 bits per heavy atom. The number of amides is 2. The highest BCUT2D eigenvalue weighted by Gasteiger charge is 2.60. The first-order valence-corrected chi connectivity index (χ1v) is 5.79. The smallest absolute Gasteiger partial charge is 0.321 e. The van der Waals surface area contributed by atoms with Crippen LogP contribution in [0.4, 0.5) is 9.18 Å². The minimum Gasteiger partial charge on any atom is -0.394 e. The van der Waals surface area contributed by atoms with Gasteiger partial charge in [-0.05, 0) is 0 Å². The second-order valence-corrected chi connectivity index (χ2v) is 4.55. The van der Waals surface area contributed by atoms with Crippen LogP contribution in [0.25, 0.3) is 0 Å². The van der Waals surface area contributed by atoms with Gasteiger partial charge in [-0.15, -0.1) is 0 Å². The number of carbonyl (C=O) groups is 2. The molecule has 5 atom stereocenters. The van der Waals surface area contributed by atoms with E-state index >= 15 is 0 Å². The van der Waals surface area contributed by atoms with E-state index in [1.165, 1.54) is 0 Å². The van der Waals surface area contributed by atoms with Gasteiger partial charge in [0.2, 0.25) is 5.67 Å². The van der Waals surface area contributed by atoms with Crippen LogP contribution in [0, 0.1) is 0 Å². The average Bonchev–Trinajstić information content (AvgIpc) is 2.63. The molecule has 2 rings (SSSR count). The standard InChI is InChI=1S/C10H15FN2O6/c11-10(4-15)7(17)5(3-14)19-8(10)13-2-1-6(16)12-9(13)18/h4-8,14,16-17H,1-3H2,(H,12,18)/t5-,6?,7-,8?,10-/m1/s1. The summed E-state index contributed by atoms with van der Waals surface area (Å²) in [5.41, 5.74) is -2.81. The van der Waals surface area contributed by atoms with E-state index in [1.807, 2.05) is 0 Å². The number of hydrogen-bond acceptors (Lipinski definition) is 6. The normalized spacial score (nSPS) is 43.2. The highest BCUT2D eigenvalue weighted by Crippen LogP contribution is 2.35. The number of carbonyl (C=O) groups excluding carboxylic acids is 2. The van der Waals surface area contributed by atoms with Gasteiger partial charge in [-0.25, -0.2) is 9.18 Å². The number of ether oxygens (including phenoxy) is 1. The summed E-state index contributed by atoms with van der Waals surface area (Å²) < 4.78 is 19.5. The van der Waals surface area contributed by atoms with Crippen LogP contribution in [0.3, 0.4) is 0 Å². The maximum absolute atomic E-state index is 14.5. The van der Waals surface area contributed by atoms with Crippen molar-refractivity contribution in [3.05, 3.63) is 0 Å². The third kappa shape index (κ3) is 2.18. The van der Waals surface area contributed by atoms with Crippen LogP contribution >= 0.6 is 0 Å². The van der Waals surface area contributed by atoms with Crippen LogP contribution in [-0.2, 0) is 9.53 Å². The molecule has 0 saturated carbocycles. The van der Waals surface area contributed by atoms with Crippen molar-refractivity contribution < 1.29 is 34.0 Å². The van der Waals surface area contributed by atoms with Crippen LogP contribution in [0.1, 0.15) is 6.42 Å². The Kier molecular flexibility index (Phi) is 3.72. The highest BCUT2D eigenvalue weighted by atomic mass is 19.1. The number of nitrogens with one attached hydrogen (secondary N) is 1. The lowest BCUT2D eigenvalue weighted by molar-refractivity contribution is -0.136. The number of nitrogens with zero attached hydrogens (tertiary/aromatic N) is 1. The van der Waals surface area contributed by atoms with Crippen LogP contribution < -0.4 is 5.32 Å². The molecule has 0 aromatic carbocycles. The Morgan fingerprint density at radius 1 is 1.58 bits per heavy atom. The molecule has 0 spiro atoms. The highest BCUT2D eigenvalue weighted by molar-refractivity contribution is 5.77. The summed E-state index contributed by atoms with van der Waals surface area (Å²) in [5, 5.41) is 30.0. The Labute approximate surface area is 107 Å². The summed E-state index contributed by atoms with van der Waals surface area (Å²) in [4.78, 5) is 23.4. The molecule has 2 aliphatic rings. The fraction of sp³-hybridized carbons (Fsp3) is 0.800. The van der Waals surface area contributed by atoms with Gasteiger partial charge < -0.3 is 25.4 Å². The maximum Gasteiger partial charge on any atom is 0.321 e. The summed E-state index contributed by atoms with van der Waals surface area (Å²) in [5.74, 6) is 0. The van der Waals surface area contributed by atoms with Crippen molar-refractivity contribution >= 4 is 12.3 Å². The number of urea groups is 1. The molecule has 108 valence electrons. The number of alkyl halides is 1. The molecule has 19 heavy (non-hydrogen) atoms. The number of hydrogen-bond donors (Lipinski definition) is 4. The molecule has 4 N–H and O–H groups in total. The van der Waals surface area contributed by atoms with Crippen molar-refractivity contribution in [1.82, 2.24) is 10.2 Å². The van der Waals surface area contributed by atoms with Crippen molar-refractivity contribution in [1.29, 1.82) is 0 Å². The molecular weight excluding hydrogens is 263 g/mol. The third-order valence-electron chi connectivity index (χ3n) is 3.33. The van der Waals surface area contributed by atoms with Gasteiger partial charge in [0.05, 0.1) is 6.61 Å². The first kappa shape index (κ1) is 14.1. The largest absolute Gasteiger partial charge is 0.394 e. The van der Waals surface area contributed by atoms with Crippen LogP contribution in [0.5, 0.6) is 0 Å². The monoisotopic (exact) mass is 278 g/mol. The van der Waals surface area contributed by atoms with Crippen molar-refractivity contribution in [3.63, 3.8) is 0 Å². The molecule has 2 heterocycles. The van der Waals surface area contributed by atoms with Gasteiger partial charge in [0.1, 0.15) is 18.4 Å². The van der Waals surface area contributed by atoms with E-state index < -0.39 is 43.0 Å². The molecule has 2 fully saturated rings. The van der Waals surface area contributed by atoms with Gasteiger partial charge >= 0.3 is 6.03 Å². The zero-order valence-electron chi connectivity index (χ0n) is 9.90. The van der Waals surface area contributed by atoms with Gasteiger partial charge in [-0.1, -0.05) is 0 Å². The first-order chi connectivity index (χ1) is 8.93. The lowest BCUT2D eigenvalue weighted by atomic mass is 9.97. The maximum atomic E-state index is 14.5. The van der Waals surface area contributed by atoms with Crippen molar-refractivity contribution in [3.8, 4) is 0 Å². The number of rotatable bonds is 3. The van der Waals surface area contributed by atoms with Gasteiger partial charge in [0.25, 0.3) is 0 Å². The van der Waals surface area contributed by atoms with Gasteiger partial charge in [-0.3, -0.25) is 9.69 Å². The van der Waals surface area contributed by atoms with Gasteiger partial charge in [0, 0.05) is 13.0 Å². The van der Waals surface area contributed by atoms with E-state index in [2.05, 4.69) is 5.32 Å². The number of aliphatic hydroxyl groups excluding tert-OH is 3. The zero-order chi connectivity index (χ0) is 14.2. The molecule has 0 radical (unpaired) electrons. The average molecular weight is 278 g/mol. The lowest BCUT2D eigenvalue weighted by Crippen LogP contribution is -2.61. The second-order valence-electron chi connectivity index (χ2n) is 4.55. The molecule has 9 heteroatoms. The summed E-state index contributed by atoms with van der Waals surface area (Å²) in [6.45, 7) is -0.725. The second kappa shape index (κ2) is 5.00. The molecule has 0 aromatic heterocycles. The quantitative estimate of drug-likeness (QED) is 0.431. The van der Waals surface area contributed by atoms with Crippen LogP contribution in [0.15, 0.2) is 0 Å². The summed E-state index contributed by atoms with van der Waals surface area (Å²) in [7, 11) is 0. The third-order valence-corrected chi connectivity index (χ3v) is 3.33. The van der Waals surface area contributed by atoms with Crippen molar-refractivity contribution in [2.75, 3.05) is 13.2 Å². The van der Waals surface area contributed by atoms with E-state index in [-0.39, 0.29) is 19.3 Å². The summed E-state index contributed by atoms with van der Waals surface area (Å²) >= 11 is 0. The molecule has 8 nitrogen and oxygen atoms in total. The number of aliphatic hydroxyl groups is 3. The van der Waals surface area contributed by atoms with E-state index in [1.54, 1.807) is 0 Å². The molecule has 0 aromatic rings. The fourth-order valence-electron chi connectivity index (χ4n) is 2.24. The molecule has 2 amide bonds. The Balaban J connectivity index is 2.23. The summed E-state index contributed by atoms with van der Waals surface area (Å²) in [6.07, 6.45) is -5.84. The predicted molar refractivity (Wildman–Crippen MR) is 57.5 cm³/mol. The Bertz CT molecular complexity index is 383. The molecule has 0 bridgehead atoms. The van der Waals surface area contributed by atoms with Gasteiger partial charge in [0.15, 0.2) is 12.5 Å². The van der Waals surface area contributed by atoms with E-state index in [0.717, 1.165) is 4.90 Å². The molecule has 2 unspecified atom stereocenters. The van der Waals surface area contributed by atoms with E-state index in [0.29, 0.717) is 0 Å². The fourth-order valence-corrected chi connectivity index (χ4v) is 2.24. The first-order valence-electron chi connectivity index (χ1n) is 5.79. The Morgan fingerprint density at radius 2 is 2.26 bits per heavy atom. The molecule has 0 aliphatic carbocycles. The van der Waals surface area contributed by atoms with E-state index in [4.69, 9.17) is 9.84 Å². The number of halogens is 1. The van der Waals surface area contributed by atoms with Crippen LogP contribution in [-0.4, -0.2) is 76.0 Å². The topological polar surface area (TPSA) is 119 Å². The van der Waals surface area contributed by atoms with E-state index in [9.17, 15) is 24.2 Å². The minimum atomic E-state index is -2.81. The minimum absolute atomic E-state index is 0.0396. The van der Waals surface area contributed by atoms with Crippen molar-refractivity contribution in [2.45, 2.75) is 36.8 Å². The van der Waals surface area contributed by atoms with Crippen molar-refractivity contribution in [2.24, 2.45) is 0 Å². The zero-order valence-corrected chi connectivity index (χ0v) is 9.90. The Hall–Kier alpha value is -1.29. The molecule has 2 aliphatic heterocycles. The lowest BCUT2D eigenvalue weighted by Gasteiger charge is -2.37. The molecular formula is C10H15FN2O6. The van der Waals surface area contributed by atoms with Crippen LogP contribution in [0.2, 0.25) is 0 Å².